The molecule has 4 aromatic carbocycles. The lowest BCUT2D eigenvalue weighted by molar-refractivity contribution is 0.0935. The lowest BCUT2D eigenvalue weighted by atomic mass is 9.97. The van der Waals surface area contributed by atoms with E-state index in [1.807, 2.05) is 24.3 Å². The average Bonchev–Trinajstić information content (AvgIpc) is 3.67. The van der Waals surface area contributed by atoms with Crippen molar-refractivity contribution in [1.82, 2.24) is 10.5 Å². The zero-order valence-electron chi connectivity index (χ0n) is 28.1. The van der Waals surface area contributed by atoms with Gasteiger partial charge in [-0.3, -0.25) is 4.79 Å². The summed E-state index contributed by atoms with van der Waals surface area (Å²) in [4.78, 5) is 12.6. The summed E-state index contributed by atoms with van der Waals surface area (Å²) in [5, 5.41) is 49.8. The molecule has 1 unspecified atom stereocenters. The normalized spacial score (nSPS) is 13.6. The van der Waals surface area contributed by atoms with Crippen LogP contribution in [0.2, 0.25) is 0 Å². The molecule has 1 aromatic heterocycles. The third-order valence-electron chi connectivity index (χ3n) is 8.61. The van der Waals surface area contributed by atoms with Gasteiger partial charge in [-0.1, -0.05) is 23.4 Å². The smallest absolute Gasteiger partial charge is 0.255 e. The standard InChI is InChI=1S/C38H39N3O10/c1-47-34-15-24(33-17-31(41-51-33)23-13-25(18-42)29(21-45)26(14-23)19-43)16-35(48-2)36(34)50-11-5-10-49-32-9-8-22(12-27(32)20-44)37-39-30-7-4-3-6-28(30)38(46)40-37/h3-4,6-9,12-17,37,39,42-45H,5,10-11,18-21H2,1-2H3,(H,40,46). The molecule has 1 amide bonds. The third-order valence-corrected chi connectivity index (χ3v) is 8.61. The largest absolute Gasteiger partial charge is 0.493 e. The van der Waals surface area contributed by atoms with E-state index in [0.29, 0.717) is 86.4 Å². The number of carbonyl (C=O) groups excluding carboxylic acids is 1. The number of nitrogens with zero attached hydrogens (tertiary/aromatic N) is 1. The summed E-state index contributed by atoms with van der Waals surface area (Å²) in [6.07, 6.45) is 0.0525. The monoisotopic (exact) mass is 697 g/mol. The number of aliphatic hydroxyl groups excluding tert-OH is 4. The van der Waals surface area contributed by atoms with Gasteiger partial charge in [0.1, 0.15) is 17.6 Å². The van der Waals surface area contributed by atoms with Gasteiger partial charge in [-0.15, -0.1) is 0 Å². The van der Waals surface area contributed by atoms with Crippen molar-refractivity contribution in [3.63, 3.8) is 0 Å². The maximum Gasteiger partial charge on any atom is 0.255 e. The summed E-state index contributed by atoms with van der Waals surface area (Å²) in [6.45, 7) is -0.599. The second-order valence-corrected chi connectivity index (χ2v) is 11.7. The highest BCUT2D eigenvalue weighted by Crippen LogP contribution is 2.42. The van der Waals surface area contributed by atoms with Crippen molar-refractivity contribution in [1.29, 1.82) is 0 Å². The molecule has 0 fully saturated rings. The third kappa shape index (κ3) is 7.47. The number of ether oxygens (including phenoxy) is 4. The number of hydrogen-bond acceptors (Lipinski definition) is 12. The molecule has 6 rings (SSSR count). The zero-order chi connectivity index (χ0) is 35.9. The predicted molar refractivity (Wildman–Crippen MR) is 186 cm³/mol. The van der Waals surface area contributed by atoms with Crippen LogP contribution in [0.25, 0.3) is 22.6 Å². The molecule has 0 saturated carbocycles. The fourth-order valence-electron chi connectivity index (χ4n) is 5.98. The van der Waals surface area contributed by atoms with Crippen molar-refractivity contribution < 1.29 is 48.7 Å². The van der Waals surface area contributed by atoms with Gasteiger partial charge in [0.15, 0.2) is 17.3 Å². The van der Waals surface area contributed by atoms with Gasteiger partial charge in [-0.25, -0.2) is 0 Å². The molecule has 1 aliphatic heterocycles. The first-order chi connectivity index (χ1) is 24.9. The van der Waals surface area contributed by atoms with Crippen molar-refractivity contribution in [3.05, 3.63) is 106 Å². The summed E-state index contributed by atoms with van der Waals surface area (Å²) in [7, 11) is 3.03. The van der Waals surface area contributed by atoms with Crippen molar-refractivity contribution >= 4 is 11.6 Å². The lowest BCUT2D eigenvalue weighted by Crippen LogP contribution is -2.38. The molecule has 1 aliphatic rings. The Balaban J connectivity index is 1.09. The molecule has 13 nitrogen and oxygen atoms in total. The highest BCUT2D eigenvalue weighted by molar-refractivity contribution is 6.01. The molecular weight excluding hydrogens is 658 g/mol. The molecule has 0 saturated heterocycles. The second-order valence-electron chi connectivity index (χ2n) is 11.7. The van der Waals surface area contributed by atoms with Crippen LogP contribution in [0, 0.1) is 0 Å². The molecule has 0 radical (unpaired) electrons. The Hall–Kier alpha value is -5.60. The second kappa shape index (κ2) is 16.0. The minimum Gasteiger partial charge on any atom is -0.493 e. The van der Waals surface area contributed by atoms with Crippen molar-refractivity contribution in [2.45, 2.75) is 39.0 Å². The number of aromatic nitrogens is 1. The van der Waals surface area contributed by atoms with E-state index in [1.54, 1.807) is 48.5 Å². The quantitative estimate of drug-likeness (QED) is 0.0831. The van der Waals surface area contributed by atoms with Gasteiger partial charge in [-0.2, -0.15) is 0 Å². The van der Waals surface area contributed by atoms with Crippen LogP contribution in [0.5, 0.6) is 23.0 Å². The maximum absolute atomic E-state index is 12.6. The number of aliphatic hydroxyl groups is 4. The number of benzene rings is 4. The van der Waals surface area contributed by atoms with E-state index in [2.05, 4.69) is 15.8 Å². The first-order valence-corrected chi connectivity index (χ1v) is 16.3. The van der Waals surface area contributed by atoms with E-state index in [-0.39, 0.29) is 38.9 Å². The number of carbonyl (C=O) groups is 1. The number of hydrogen-bond donors (Lipinski definition) is 6. The number of fused-ring (bicyclic) bond motifs is 1. The van der Waals surface area contributed by atoms with Crippen LogP contribution in [-0.2, 0) is 26.4 Å². The molecule has 0 spiro atoms. The number of nitrogens with one attached hydrogen (secondary N) is 2. The summed E-state index contributed by atoms with van der Waals surface area (Å²) < 4.78 is 29.0. The molecular formula is C38H39N3O10. The number of methoxy groups -OCH3 is 2. The molecule has 2 heterocycles. The van der Waals surface area contributed by atoms with E-state index in [0.717, 1.165) is 11.3 Å². The van der Waals surface area contributed by atoms with Gasteiger partial charge < -0.3 is 54.5 Å². The number of rotatable bonds is 15. The summed E-state index contributed by atoms with van der Waals surface area (Å²) >= 11 is 0. The Morgan fingerprint density at radius 2 is 1.41 bits per heavy atom. The van der Waals surface area contributed by atoms with Crippen LogP contribution in [0.3, 0.4) is 0 Å². The van der Waals surface area contributed by atoms with Gasteiger partial charge in [0.2, 0.25) is 5.75 Å². The van der Waals surface area contributed by atoms with E-state index in [4.69, 9.17) is 23.5 Å². The minimum absolute atomic E-state index is 0.173. The van der Waals surface area contributed by atoms with Crippen LogP contribution in [0.15, 0.2) is 77.3 Å². The van der Waals surface area contributed by atoms with Gasteiger partial charge in [0, 0.05) is 34.9 Å². The minimum atomic E-state index is -0.451. The van der Waals surface area contributed by atoms with E-state index in [9.17, 15) is 25.2 Å². The van der Waals surface area contributed by atoms with E-state index < -0.39 is 6.17 Å². The van der Waals surface area contributed by atoms with Gasteiger partial charge >= 0.3 is 0 Å². The van der Waals surface area contributed by atoms with Crippen molar-refractivity contribution in [2.24, 2.45) is 0 Å². The Morgan fingerprint density at radius 3 is 2.08 bits per heavy atom. The molecule has 6 N–H and O–H groups in total. The summed E-state index contributed by atoms with van der Waals surface area (Å²) in [6, 6.07) is 21.3. The van der Waals surface area contributed by atoms with Gasteiger partial charge in [0.25, 0.3) is 5.91 Å². The first kappa shape index (κ1) is 35.2. The highest BCUT2D eigenvalue weighted by Gasteiger charge is 2.25. The van der Waals surface area contributed by atoms with Crippen LogP contribution in [-0.4, -0.2) is 58.9 Å². The highest BCUT2D eigenvalue weighted by atomic mass is 16.5. The van der Waals surface area contributed by atoms with Crippen molar-refractivity contribution in [3.8, 4) is 45.6 Å². The number of amides is 1. The molecule has 0 aliphatic carbocycles. The Kier molecular flexibility index (Phi) is 11.0. The molecule has 13 heteroatoms. The molecule has 5 aromatic rings. The number of para-hydroxylation sites is 1. The lowest BCUT2D eigenvalue weighted by Gasteiger charge is -2.28. The molecule has 1 atom stereocenters. The fraction of sp³-hybridized carbons (Fsp3) is 0.263. The molecule has 0 bridgehead atoms. The fourth-order valence-corrected chi connectivity index (χ4v) is 5.98. The van der Waals surface area contributed by atoms with Crippen LogP contribution in [0.1, 0.15) is 50.8 Å². The van der Waals surface area contributed by atoms with Crippen LogP contribution in [0.4, 0.5) is 5.69 Å². The SMILES string of the molecule is COc1cc(-c2cc(-c3cc(CO)c(CO)c(CO)c3)no2)cc(OC)c1OCCCOc1ccc(C2NC(=O)c3ccccc3N2)cc1CO. The van der Waals surface area contributed by atoms with Crippen LogP contribution >= 0.6 is 0 Å². The Morgan fingerprint density at radius 1 is 0.725 bits per heavy atom. The molecule has 51 heavy (non-hydrogen) atoms. The predicted octanol–water partition coefficient (Wildman–Crippen LogP) is 4.70. The van der Waals surface area contributed by atoms with Gasteiger partial charge in [-0.05, 0) is 70.8 Å². The maximum atomic E-state index is 12.6. The van der Waals surface area contributed by atoms with Crippen molar-refractivity contribution in [2.75, 3.05) is 32.8 Å². The topological polar surface area (TPSA) is 185 Å². The Labute approximate surface area is 294 Å². The van der Waals surface area contributed by atoms with Gasteiger partial charge in [0.05, 0.1) is 59.4 Å². The Bertz CT molecular complexity index is 1960. The molecule has 266 valence electrons. The van der Waals surface area contributed by atoms with E-state index in [1.165, 1.54) is 14.2 Å². The summed E-state index contributed by atoms with van der Waals surface area (Å²) in [5.74, 6) is 1.98. The summed E-state index contributed by atoms with van der Waals surface area (Å²) in [5.41, 5.74) is 5.83. The first-order valence-electron chi connectivity index (χ1n) is 16.3. The number of anilines is 1. The van der Waals surface area contributed by atoms with E-state index >= 15 is 0 Å². The average molecular weight is 698 g/mol. The zero-order valence-corrected chi connectivity index (χ0v) is 28.1. The van der Waals surface area contributed by atoms with Crippen LogP contribution < -0.4 is 29.6 Å².